The van der Waals surface area contributed by atoms with Crippen LogP contribution in [0, 0.1) is 24.0 Å². The molecule has 0 saturated heterocycles. The highest BCUT2D eigenvalue weighted by atomic mass is 19.2. The summed E-state index contributed by atoms with van der Waals surface area (Å²) in [5, 5.41) is 3.01. The first-order chi connectivity index (χ1) is 8.22. The van der Waals surface area contributed by atoms with Gasteiger partial charge in [0.2, 0.25) is 0 Å². The van der Waals surface area contributed by atoms with Gasteiger partial charge in [-0.2, -0.15) is 0 Å². The van der Waals surface area contributed by atoms with Crippen LogP contribution in [0.15, 0.2) is 18.5 Å². The lowest BCUT2D eigenvalue weighted by atomic mass is 10.3. The molecule has 0 fully saturated rings. The zero-order chi connectivity index (χ0) is 12.3. The number of benzene rings is 1. The van der Waals surface area contributed by atoms with E-state index in [9.17, 15) is 8.78 Å². The number of hydrogen-bond acceptors (Lipinski definition) is 2. The Morgan fingerprint density at radius 3 is 2.88 bits per heavy atom. The van der Waals surface area contributed by atoms with Crippen LogP contribution in [0.2, 0.25) is 0 Å². The summed E-state index contributed by atoms with van der Waals surface area (Å²) in [7, 11) is 0. The Kier molecular flexibility index (Phi) is 3.35. The summed E-state index contributed by atoms with van der Waals surface area (Å²) < 4.78 is 27.8. The highest BCUT2D eigenvalue weighted by Gasteiger charge is 2.08. The van der Waals surface area contributed by atoms with Gasteiger partial charge in [0.05, 0.1) is 23.9 Å². The fourth-order valence-corrected chi connectivity index (χ4v) is 1.59. The minimum absolute atomic E-state index is 0.445. The lowest BCUT2D eigenvalue weighted by Crippen LogP contribution is -2.19. The first kappa shape index (κ1) is 11.6. The number of halogens is 2. The number of fused-ring (bicyclic) bond motifs is 1. The van der Waals surface area contributed by atoms with Crippen LogP contribution in [0.25, 0.3) is 11.0 Å². The van der Waals surface area contributed by atoms with Crippen LogP contribution in [0.4, 0.5) is 8.78 Å². The lowest BCUT2D eigenvalue weighted by Gasteiger charge is -2.04. The van der Waals surface area contributed by atoms with Crippen molar-refractivity contribution >= 4 is 11.0 Å². The molecular weight excluding hydrogens is 224 g/mol. The van der Waals surface area contributed by atoms with Gasteiger partial charge in [0.1, 0.15) is 0 Å². The maximum Gasteiger partial charge on any atom is 0.161 e. The van der Waals surface area contributed by atoms with E-state index in [1.165, 1.54) is 0 Å². The van der Waals surface area contributed by atoms with Gasteiger partial charge < -0.3 is 9.88 Å². The fraction of sp³-hybridized carbons (Fsp3) is 0.250. The zero-order valence-electron chi connectivity index (χ0n) is 9.08. The molecule has 2 rings (SSSR count). The first-order valence-corrected chi connectivity index (χ1v) is 5.16. The van der Waals surface area contributed by atoms with E-state index in [0.717, 1.165) is 12.1 Å². The van der Waals surface area contributed by atoms with Gasteiger partial charge in [-0.15, -0.1) is 6.42 Å². The average Bonchev–Trinajstić information content (AvgIpc) is 2.68. The third-order valence-corrected chi connectivity index (χ3v) is 2.42. The first-order valence-electron chi connectivity index (χ1n) is 5.16. The molecule has 1 aromatic carbocycles. The van der Waals surface area contributed by atoms with Crippen LogP contribution in [-0.2, 0) is 6.54 Å². The van der Waals surface area contributed by atoms with Gasteiger partial charge >= 0.3 is 0 Å². The molecule has 0 unspecified atom stereocenters. The van der Waals surface area contributed by atoms with Crippen molar-refractivity contribution in [1.29, 1.82) is 0 Å². The van der Waals surface area contributed by atoms with E-state index in [1.54, 1.807) is 10.9 Å². The van der Waals surface area contributed by atoms with E-state index < -0.39 is 11.6 Å². The Balaban J connectivity index is 2.18. The normalized spacial score (nSPS) is 10.6. The summed E-state index contributed by atoms with van der Waals surface area (Å²) in [6, 6.07) is 2.24. The van der Waals surface area contributed by atoms with E-state index >= 15 is 0 Å². The molecule has 0 aliphatic heterocycles. The molecule has 0 aliphatic rings. The Hall–Kier alpha value is -1.93. The maximum atomic E-state index is 13.1. The highest BCUT2D eigenvalue weighted by molar-refractivity contribution is 5.75. The highest BCUT2D eigenvalue weighted by Crippen LogP contribution is 2.17. The molecule has 3 nitrogen and oxygen atoms in total. The largest absolute Gasteiger partial charge is 0.329 e. The SMILES string of the molecule is C#CCNCCn1cnc2cc(F)c(F)cc21. The van der Waals surface area contributed by atoms with E-state index in [0.29, 0.717) is 30.7 Å². The van der Waals surface area contributed by atoms with Crippen LogP contribution in [0.5, 0.6) is 0 Å². The third kappa shape index (κ3) is 2.43. The number of imidazole rings is 1. The number of hydrogen-bond donors (Lipinski definition) is 1. The average molecular weight is 235 g/mol. The van der Waals surface area contributed by atoms with Crippen molar-refractivity contribution in [2.45, 2.75) is 6.54 Å². The van der Waals surface area contributed by atoms with Crippen molar-refractivity contribution in [3.63, 3.8) is 0 Å². The van der Waals surface area contributed by atoms with E-state index in [4.69, 9.17) is 6.42 Å². The van der Waals surface area contributed by atoms with Crippen LogP contribution in [0.1, 0.15) is 0 Å². The molecule has 0 spiro atoms. The Morgan fingerprint density at radius 1 is 1.35 bits per heavy atom. The van der Waals surface area contributed by atoms with Gasteiger partial charge in [-0.1, -0.05) is 5.92 Å². The van der Waals surface area contributed by atoms with Gasteiger partial charge in [-0.3, -0.25) is 0 Å². The van der Waals surface area contributed by atoms with E-state index in [2.05, 4.69) is 16.2 Å². The summed E-state index contributed by atoms with van der Waals surface area (Å²) in [4.78, 5) is 4.01. The molecule has 0 amide bonds. The predicted octanol–water partition coefficient (Wildman–Crippen LogP) is 1.54. The van der Waals surface area contributed by atoms with Crippen LogP contribution in [-0.4, -0.2) is 22.6 Å². The monoisotopic (exact) mass is 235 g/mol. The van der Waals surface area contributed by atoms with Gasteiger partial charge in [0, 0.05) is 25.2 Å². The number of aromatic nitrogens is 2. The molecule has 0 bridgehead atoms. The maximum absolute atomic E-state index is 13.1. The fourth-order valence-electron chi connectivity index (χ4n) is 1.59. The number of nitrogens with one attached hydrogen (secondary N) is 1. The molecule has 1 aromatic heterocycles. The van der Waals surface area contributed by atoms with Gasteiger partial charge in [-0.25, -0.2) is 13.8 Å². The molecule has 0 aliphatic carbocycles. The Labute approximate surface area is 97.5 Å². The lowest BCUT2D eigenvalue weighted by molar-refractivity contribution is 0.510. The van der Waals surface area contributed by atoms with Crippen LogP contribution < -0.4 is 5.32 Å². The summed E-state index contributed by atoms with van der Waals surface area (Å²) in [6.45, 7) is 1.73. The summed E-state index contributed by atoms with van der Waals surface area (Å²) in [6.07, 6.45) is 6.65. The minimum Gasteiger partial charge on any atom is -0.329 e. The Bertz CT molecular complexity index is 569. The van der Waals surface area contributed by atoms with Crippen molar-refractivity contribution in [1.82, 2.24) is 14.9 Å². The third-order valence-electron chi connectivity index (χ3n) is 2.42. The number of terminal acetylenes is 1. The molecule has 88 valence electrons. The van der Waals surface area contributed by atoms with Gasteiger partial charge in [0.15, 0.2) is 11.6 Å². The molecule has 0 atom stereocenters. The molecular formula is C12H11F2N3. The predicted molar refractivity (Wildman–Crippen MR) is 61.4 cm³/mol. The zero-order valence-corrected chi connectivity index (χ0v) is 9.08. The molecule has 17 heavy (non-hydrogen) atoms. The van der Waals surface area contributed by atoms with Gasteiger partial charge in [-0.05, 0) is 0 Å². The van der Waals surface area contributed by atoms with Crippen molar-refractivity contribution < 1.29 is 8.78 Å². The van der Waals surface area contributed by atoms with E-state index in [-0.39, 0.29) is 0 Å². The molecule has 1 heterocycles. The second-order valence-corrected chi connectivity index (χ2v) is 3.57. The molecule has 0 radical (unpaired) electrons. The second-order valence-electron chi connectivity index (χ2n) is 3.57. The van der Waals surface area contributed by atoms with Gasteiger partial charge in [0.25, 0.3) is 0 Å². The summed E-state index contributed by atoms with van der Waals surface area (Å²) in [5.41, 5.74) is 1.02. The molecule has 2 aromatic rings. The van der Waals surface area contributed by atoms with Crippen molar-refractivity contribution in [3.8, 4) is 12.3 Å². The topological polar surface area (TPSA) is 29.9 Å². The number of rotatable bonds is 4. The smallest absolute Gasteiger partial charge is 0.161 e. The van der Waals surface area contributed by atoms with E-state index in [1.807, 2.05) is 0 Å². The molecule has 5 heteroatoms. The number of nitrogens with zero attached hydrogens (tertiary/aromatic N) is 2. The van der Waals surface area contributed by atoms with Crippen molar-refractivity contribution in [3.05, 3.63) is 30.1 Å². The van der Waals surface area contributed by atoms with Crippen LogP contribution >= 0.6 is 0 Å². The summed E-state index contributed by atoms with van der Waals surface area (Å²) in [5.74, 6) is 0.710. The molecule has 0 saturated carbocycles. The summed E-state index contributed by atoms with van der Waals surface area (Å²) >= 11 is 0. The standard InChI is InChI=1S/C12H11F2N3/c1-2-3-15-4-5-17-8-16-11-6-9(13)10(14)7-12(11)17/h1,6-8,15H,3-5H2. The second kappa shape index (κ2) is 4.93. The minimum atomic E-state index is -0.881. The van der Waals surface area contributed by atoms with Crippen molar-refractivity contribution in [2.24, 2.45) is 0 Å². The Morgan fingerprint density at radius 2 is 2.12 bits per heavy atom. The van der Waals surface area contributed by atoms with Crippen molar-refractivity contribution in [2.75, 3.05) is 13.1 Å². The van der Waals surface area contributed by atoms with Crippen LogP contribution in [0.3, 0.4) is 0 Å². The molecule has 1 N–H and O–H groups in total. The quantitative estimate of drug-likeness (QED) is 0.643.